The molecule has 0 radical (unpaired) electrons. The highest BCUT2D eigenvalue weighted by Crippen LogP contribution is 2.22. The van der Waals surface area contributed by atoms with Gasteiger partial charge in [-0.3, -0.25) is 0 Å². The monoisotopic (exact) mass is 733 g/mol. The Hall–Kier alpha value is -0.0400. The van der Waals surface area contributed by atoms with E-state index < -0.39 is 0 Å². The molecular weight excluding hydrogens is 627 g/mol. The number of nitrogens with zero attached hydrogens (tertiary/aromatic N) is 1. The van der Waals surface area contributed by atoms with E-state index in [1.54, 1.807) is 0 Å². The maximum Gasteiger partial charge on any atom is 0.0786 e. The zero-order valence-corrected chi connectivity index (χ0v) is 37.7. The average molecular weight is 733 g/mol. The van der Waals surface area contributed by atoms with Crippen LogP contribution in [0, 0.1) is 0 Å². The summed E-state index contributed by atoms with van der Waals surface area (Å²) in [4.78, 5) is 0. The highest BCUT2D eigenvalue weighted by molar-refractivity contribution is 4.57. The molecule has 0 amide bonds. The second kappa shape index (κ2) is 45.4. The third-order valence-corrected chi connectivity index (χ3v) is 12.7. The molecule has 314 valence electrons. The van der Waals surface area contributed by atoms with Crippen LogP contribution in [0.1, 0.15) is 304 Å². The third kappa shape index (κ3) is 39.6. The topological polar surface area (TPSA) is 0 Å². The number of unbranched alkanes of at least 4 members (excludes halogenated alkanes) is 39. The van der Waals surface area contributed by atoms with Gasteiger partial charge in [-0.15, -0.1) is 0 Å². The molecule has 0 N–H and O–H groups in total. The van der Waals surface area contributed by atoms with E-state index in [4.69, 9.17) is 0 Å². The van der Waals surface area contributed by atoms with Crippen LogP contribution in [-0.2, 0) is 0 Å². The molecule has 0 aliphatic rings. The SMILES string of the molecule is CCCCCCCCCCCCCCC[N+](CCCCCCCCCCCC)(CCCCCCCCCCCC)CCCCCCCCCCCC. The minimum Gasteiger partial charge on any atom is -0.324 e. The minimum absolute atomic E-state index is 1.37. The van der Waals surface area contributed by atoms with Crippen LogP contribution < -0.4 is 0 Å². The Morgan fingerprint density at radius 3 is 0.404 bits per heavy atom. The molecule has 1 nitrogen and oxygen atoms in total. The van der Waals surface area contributed by atoms with E-state index in [9.17, 15) is 0 Å². The maximum atomic E-state index is 2.34. The normalized spacial score (nSPS) is 12.0. The van der Waals surface area contributed by atoms with Crippen LogP contribution >= 0.6 is 0 Å². The second-order valence-corrected chi connectivity index (χ2v) is 18.0. The van der Waals surface area contributed by atoms with Crippen molar-refractivity contribution in [1.29, 1.82) is 0 Å². The summed E-state index contributed by atoms with van der Waals surface area (Å²) in [5.41, 5.74) is 0. The largest absolute Gasteiger partial charge is 0.324 e. The molecule has 0 spiro atoms. The van der Waals surface area contributed by atoms with Gasteiger partial charge in [-0.05, 0) is 51.4 Å². The standard InChI is InChI=1S/C51H106N/c1-5-9-13-17-21-25-29-30-31-35-39-43-47-51-52(48-44-40-36-32-26-22-18-14-10-6-2,49-45-41-37-33-27-23-19-15-11-7-3)50-46-42-38-34-28-24-20-16-12-8-4/h5-51H2,1-4H3/q+1. The predicted molar refractivity (Wildman–Crippen MR) is 241 cm³/mol. The molecule has 52 heavy (non-hydrogen) atoms. The van der Waals surface area contributed by atoms with E-state index in [1.165, 1.54) is 307 Å². The fourth-order valence-electron chi connectivity index (χ4n) is 8.94. The molecule has 0 aliphatic carbocycles. The smallest absolute Gasteiger partial charge is 0.0786 e. The first kappa shape index (κ1) is 52.0. The molecule has 0 aliphatic heterocycles. The molecule has 0 aromatic heterocycles. The number of hydrogen-bond donors (Lipinski definition) is 0. The van der Waals surface area contributed by atoms with Crippen molar-refractivity contribution in [2.24, 2.45) is 0 Å². The lowest BCUT2D eigenvalue weighted by Gasteiger charge is -2.40. The third-order valence-electron chi connectivity index (χ3n) is 12.7. The average Bonchev–Trinajstić information content (AvgIpc) is 3.15. The van der Waals surface area contributed by atoms with Crippen molar-refractivity contribution in [3.63, 3.8) is 0 Å². The van der Waals surface area contributed by atoms with Gasteiger partial charge in [0.05, 0.1) is 26.2 Å². The summed E-state index contributed by atoms with van der Waals surface area (Å²) in [5, 5.41) is 0. The molecule has 0 saturated carbocycles. The van der Waals surface area contributed by atoms with Crippen LogP contribution in [0.5, 0.6) is 0 Å². The summed E-state index contributed by atoms with van der Waals surface area (Å²) in [6.07, 6.45) is 63.2. The molecular formula is C51H106N+. The van der Waals surface area contributed by atoms with Crippen LogP contribution in [0.15, 0.2) is 0 Å². The van der Waals surface area contributed by atoms with E-state index in [-0.39, 0.29) is 0 Å². The van der Waals surface area contributed by atoms with Crippen molar-refractivity contribution in [3.8, 4) is 0 Å². The van der Waals surface area contributed by atoms with Crippen molar-refractivity contribution >= 4 is 0 Å². The first-order valence-electron chi connectivity index (χ1n) is 25.6. The summed E-state index contributed by atoms with van der Waals surface area (Å²) >= 11 is 0. The molecule has 0 atom stereocenters. The molecule has 0 aromatic carbocycles. The van der Waals surface area contributed by atoms with E-state index in [1.807, 2.05) is 0 Å². The van der Waals surface area contributed by atoms with Crippen LogP contribution in [0.4, 0.5) is 0 Å². The fraction of sp³-hybridized carbons (Fsp3) is 1.00. The highest BCUT2D eigenvalue weighted by Gasteiger charge is 2.25. The molecule has 1 heteroatoms. The van der Waals surface area contributed by atoms with Gasteiger partial charge in [0.15, 0.2) is 0 Å². The number of hydrogen-bond acceptors (Lipinski definition) is 0. The van der Waals surface area contributed by atoms with Gasteiger partial charge in [-0.2, -0.15) is 0 Å². The molecule has 0 unspecified atom stereocenters. The van der Waals surface area contributed by atoms with Gasteiger partial charge in [-0.25, -0.2) is 0 Å². The Kier molecular flexibility index (Phi) is 45.3. The Morgan fingerprint density at radius 1 is 0.154 bits per heavy atom. The zero-order chi connectivity index (χ0) is 37.7. The van der Waals surface area contributed by atoms with E-state index in [0.29, 0.717) is 0 Å². The Morgan fingerprint density at radius 2 is 0.269 bits per heavy atom. The van der Waals surface area contributed by atoms with Gasteiger partial charge < -0.3 is 4.48 Å². The van der Waals surface area contributed by atoms with Crippen LogP contribution in [0.3, 0.4) is 0 Å². The number of quaternary nitrogens is 1. The molecule has 0 aromatic rings. The van der Waals surface area contributed by atoms with Gasteiger partial charge in [0.2, 0.25) is 0 Å². The van der Waals surface area contributed by atoms with Crippen molar-refractivity contribution in [2.45, 2.75) is 304 Å². The Balaban J connectivity index is 4.86. The van der Waals surface area contributed by atoms with Crippen molar-refractivity contribution in [1.82, 2.24) is 0 Å². The lowest BCUT2D eigenvalue weighted by atomic mass is 10.0. The number of rotatable bonds is 47. The summed E-state index contributed by atoms with van der Waals surface area (Å²) in [6.45, 7) is 15.3. The molecule has 0 fully saturated rings. The van der Waals surface area contributed by atoms with Gasteiger partial charge in [0, 0.05) is 0 Å². The Bertz CT molecular complexity index is 552. The lowest BCUT2D eigenvalue weighted by Crippen LogP contribution is -2.50. The highest BCUT2D eigenvalue weighted by atomic mass is 15.3. The molecule has 0 saturated heterocycles. The van der Waals surface area contributed by atoms with E-state index in [0.717, 1.165) is 0 Å². The van der Waals surface area contributed by atoms with Crippen LogP contribution in [0.2, 0.25) is 0 Å². The lowest BCUT2D eigenvalue weighted by molar-refractivity contribution is -0.929. The van der Waals surface area contributed by atoms with Gasteiger partial charge in [0.1, 0.15) is 0 Å². The van der Waals surface area contributed by atoms with E-state index >= 15 is 0 Å². The van der Waals surface area contributed by atoms with Crippen LogP contribution in [0.25, 0.3) is 0 Å². The van der Waals surface area contributed by atoms with Crippen molar-refractivity contribution in [3.05, 3.63) is 0 Å². The summed E-state index contributed by atoms with van der Waals surface area (Å²) < 4.78 is 1.49. The van der Waals surface area contributed by atoms with E-state index in [2.05, 4.69) is 27.7 Å². The molecule has 0 bridgehead atoms. The van der Waals surface area contributed by atoms with Crippen molar-refractivity contribution in [2.75, 3.05) is 26.2 Å². The zero-order valence-electron chi connectivity index (χ0n) is 37.7. The first-order valence-corrected chi connectivity index (χ1v) is 25.6. The van der Waals surface area contributed by atoms with Gasteiger partial charge in [0.25, 0.3) is 0 Å². The molecule has 0 heterocycles. The summed E-state index contributed by atoms with van der Waals surface area (Å²) in [7, 11) is 0. The summed E-state index contributed by atoms with van der Waals surface area (Å²) in [6, 6.07) is 0. The molecule has 0 rings (SSSR count). The maximum absolute atomic E-state index is 2.34. The van der Waals surface area contributed by atoms with Crippen molar-refractivity contribution < 1.29 is 4.48 Å². The predicted octanol–water partition coefficient (Wildman–Crippen LogP) is 18.7. The second-order valence-electron chi connectivity index (χ2n) is 18.0. The first-order chi connectivity index (χ1) is 25.7. The van der Waals surface area contributed by atoms with Crippen LogP contribution in [-0.4, -0.2) is 30.7 Å². The fourth-order valence-corrected chi connectivity index (χ4v) is 8.94. The summed E-state index contributed by atoms with van der Waals surface area (Å²) in [5.74, 6) is 0. The van der Waals surface area contributed by atoms with Gasteiger partial charge in [-0.1, -0.05) is 252 Å². The Labute approximate surface area is 333 Å². The van der Waals surface area contributed by atoms with Gasteiger partial charge >= 0.3 is 0 Å². The quantitative estimate of drug-likeness (QED) is 0.0432. The minimum atomic E-state index is 1.37.